The Bertz CT molecular complexity index is 114. The molecule has 13 heavy (non-hydrogen) atoms. The van der Waals surface area contributed by atoms with E-state index in [0.717, 1.165) is 12.8 Å². The van der Waals surface area contributed by atoms with Crippen molar-refractivity contribution in [3.05, 3.63) is 0 Å². The van der Waals surface area contributed by atoms with E-state index in [4.69, 9.17) is 10.3 Å². The molecule has 0 radical (unpaired) electrons. The molecule has 0 aliphatic rings. The lowest BCUT2D eigenvalue weighted by atomic mass is 10.4. The summed E-state index contributed by atoms with van der Waals surface area (Å²) in [6.45, 7) is 3.45. The molecule has 0 fully saturated rings. The molecule has 7 heteroatoms. The second-order valence-electron chi connectivity index (χ2n) is 2.24. The fraction of sp³-hybridized carbons (Fsp3) is 1.00. The summed E-state index contributed by atoms with van der Waals surface area (Å²) in [7, 11) is -2.35. The average molecular weight is 213 g/mol. The molecule has 0 amide bonds. The molecule has 6 N–H and O–H groups in total. The quantitative estimate of drug-likeness (QED) is 0.313. The molecule has 0 rings (SSSR count). The Morgan fingerprint density at radius 2 is 2.23 bits per heavy atom. The summed E-state index contributed by atoms with van der Waals surface area (Å²) in [5.74, 6) is 0. The van der Waals surface area contributed by atoms with E-state index in [1.165, 1.54) is 0 Å². The zero-order valence-corrected chi connectivity index (χ0v) is 9.04. The number of hydrogen-bond donors (Lipinski definition) is 3. The van der Waals surface area contributed by atoms with Gasteiger partial charge in [-0.05, 0) is 6.42 Å². The highest BCUT2D eigenvalue weighted by Gasteiger charge is 1.97. The third-order valence-electron chi connectivity index (χ3n) is 1.12. The fourth-order valence-electron chi connectivity index (χ4n) is 0.498. The van der Waals surface area contributed by atoms with Crippen molar-refractivity contribution in [3.63, 3.8) is 0 Å². The zero-order valence-electron chi connectivity index (χ0n) is 8.04. The topological polar surface area (TPSA) is 109 Å². The van der Waals surface area contributed by atoms with Crippen molar-refractivity contribution in [2.24, 2.45) is 5.73 Å². The van der Waals surface area contributed by atoms with E-state index in [2.05, 4.69) is 10.1 Å². The van der Waals surface area contributed by atoms with E-state index < -0.39 is 8.25 Å². The van der Waals surface area contributed by atoms with Crippen LogP contribution in [-0.2, 0) is 13.7 Å². The highest BCUT2D eigenvalue weighted by Crippen LogP contribution is 2.21. The fourth-order valence-corrected chi connectivity index (χ4v) is 1.09. The van der Waals surface area contributed by atoms with Crippen LogP contribution in [0.1, 0.15) is 19.8 Å². The minimum atomic E-state index is -2.35. The normalized spacial score (nSPS) is 12.2. The Kier molecular flexibility index (Phi) is 14.3. The maximum atomic E-state index is 10.8. The van der Waals surface area contributed by atoms with Gasteiger partial charge in [0.1, 0.15) is 0 Å². The van der Waals surface area contributed by atoms with Gasteiger partial charge in [-0.3, -0.25) is 4.57 Å². The van der Waals surface area contributed by atoms with Crippen molar-refractivity contribution < 1.29 is 13.7 Å². The smallest absolute Gasteiger partial charge is 0.335 e. The first-order valence-electron chi connectivity index (χ1n) is 4.07. The summed E-state index contributed by atoms with van der Waals surface area (Å²) in [5.41, 5.74) is 7.61. The molecule has 82 valence electrons. The monoisotopic (exact) mass is 213 g/mol. The highest BCUT2D eigenvalue weighted by atomic mass is 31.1. The Morgan fingerprint density at radius 1 is 1.54 bits per heavy atom. The number of rotatable bonds is 8. The van der Waals surface area contributed by atoms with Crippen molar-refractivity contribution in [2.75, 3.05) is 19.7 Å². The van der Waals surface area contributed by atoms with Crippen LogP contribution in [0.2, 0.25) is 0 Å². The summed E-state index contributed by atoms with van der Waals surface area (Å²) < 4.78 is 20.3. The molecule has 0 heterocycles. The van der Waals surface area contributed by atoms with Gasteiger partial charge in [0.05, 0.1) is 6.61 Å². The predicted molar refractivity (Wildman–Crippen MR) is 53.0 cm³/mol. The third kappa shape index (κ3) is 12.0. The lowest BCUT2D eigenvalue weighted by Gasteiger charge is -2.04. The van der Waals surface area contributed by atoms with E-state index in [1.807, 2.05) is 6.92 Å². The minimum absolute atomic E-state index is 0. The van der Waals surface area contributed by atoms with Crippen LogP contribution >= 0.6 is 8.25 Å². The van der Waals surface area contributed by atoms with Gasteiger partial charge in [-0.25, -0.2) is 4.62 Å². The van der Waals surface area contributed by atoms with Crippen LogP contribution in [0.5, 0.6) is 0 Å². The van der Waals surface area contributed by atoms with Crippen molar-refractivity contribution >= 4 is 8.25 Å². The summed E-state index contributed by atoms with van der Waals surface area (Å²) in [6, 6.07) is 0. The van der Waals surface area contributed by atoms with Gasteiger partial charge >= 0.3 is 8.25 Å². The second kappa shape index (κ2) is 12.0. The molecule has 0 aromatic heterocycles. The number of unbranched alkanes of at least 4 members (excludes halogenated alkanes) is 1. The van der Waals surface area contributed by atoms with Crippen molar-refractivity contribution in [2.45, 2.75) is 19.8 Å². The van der Waals surface area contributed by atoms with Crippen LogP contribution in [-0.4, -0.2) is 19.7 Å². The van der Waals surface area contributed by atoms with E-state index >= 15 is 0 Å². The molecule has 0 saturated heterocycles. The zero-order chi connectivity index (χ0) is 9.23. The molecule has 0 aromatic carbocycles. The SMILES string of the molecule is CCCCO[PH](=O)ONCCN.N. The van der Waals surface area contributed by atoms with Crippen LogP contribution in [0.3, 0.4) is 0 Å². The lowest BCUT2D eigenvalue weighted by molar-refractivity contribution is 0.158. The van der Waals surface area contributed by atoms with Crippen LogP contribution in [0.25, 0.3) is 0 Å². The van der Waals surface area contributed by atoms with Crippen LogP contribution in [0.15, 0.2) is 0 Å². The van der Waals surface area contributed by atoms with Crippen LogP contribution in [0, 0.1) is 0 Å². The summed E-state index contributed by atoms with van der Waals surface area (Å²) in [6.07, 6.45) is 1.92. The number of hydroxylamine groups is 1. The Hall–Kier alpha value is 0.0300. The van der Waals surface area contributed by atoms with Gasteiger partial charge in [-0.1, -0.05) is 13.3 Å². The Balaban J connectivity index is 0. The van der Waals surface area contributed by atoms with Gasteiger partial charge in [-0.2, -0.15) is 5.48 Å². The molecule has 1 unspecified atom stereocenters. The van der Waals surface area contributed by atoms with E-state index in [9.17, 15) is 4.57 Å². The maximum Gasteiger partial charge on any atom is 0.335 e. The lowest BCUT2D eigenvalue weighted by Crippen LogP contribution is -2.20. The number of hydrogen-bond acceptors (Lipinski definition) is 6. The highest BCUT2D eigenvalue weighted by molar-refractivity contribution is 7.33. The van der Waals surface area contributed by atoms with Gasteiger partial charge in [-0.15, -0.1) is 0 Å². The van der Waals surface area contributed by atoms with Crippen molar-refractivity contribution in [1.29, 1.82) is 0 Å². The van der Waals surface area contributed by atoms with Crippen LogP contribution < -0.4 is 17.4 Å². The second-order valence-corrected chi connectivity index (χ2v) is 3.23. The number of nitrogens with one attached hydrogen (secondary N) is 1. The standard InChI is InChI=1S/C6H17N2O3P.H3N/c1-2-3-6-10-12(9)11-8-5-4-7;/h8,12H,2-7H2,1H3;1H3. The molecule has 0 saturated carbocycles. The van der Waals surface area contributed by atoms with Gasteiger partial charge in [0.25, 0.3) is 0 Å². The molecule has 0 aliphatic heterocycles. The maximum absolute atomic E-state index is 10.8. The molecule has 1 atom stereocenters. The summed E-state index contributed by atoms with van der Waals surface area (Å²) >= 11 is 0. The minimum Gasteiger partial charge on any atom is -0.344 e. The van der Waals surface area contributed by atoms with Crippen molar-refractivity contribution in [3.8, 4) is 0 Å². The van der Waals surface area contributed by atoms with E-state index in [0.29, 0.717) is 19.7 Å². The molecule has 0 aliphatic carbocycles. The van der Waals surface area contributed by atoms with E-state index in [1.54, 1.807) is 0 Å². The largest absolute Gasteiger partial charge is 0.344 e. The molecule has 0 spiro atoms. The van der Waals surface area contributed by atoms with Gasteiger partial charge in [0.2, 0.25) is 0 Å². The first-order chi connectivity index (χ1) is 5.81. The molecule has 0 bridgehead atoms. The average Bonchev–Trinajstić information content (AvgIpc) is 2.06. The molecule has 6 nitrogen and oxygen atoms in total. The van der Waals surface area contributed by atoms with Crippen molar-refractivity contribution in [1.82, 2.24) is 11.6 Å². The number of nitrogens with two attached hydrogens (primary N) is 1. The van der Waals surface area contributed by atoms with Gasteiger partial charge < -0.3 is 16.4 Å². The van der Waals surface area contributed by atoms with Gasteiger partial charge in [0.15, 0.2) is 0 Å². The van der Waals surface area contributed by atoms with E-state index in [-0.39, 0.29) is 6.15 Å². The predicted octanol–water partition coefficient (Wildman–Crippen LogP) is 0.835. The third-order valence-corrected chi connectivity index (χ3v) is 1.87. The first kappa shape index (κ1) is 15.5. The Labute approximate surface area is 79.6 Å². The molecular formula is C6H20N3O3P. The molecule has 0 aromatic rings. The van der Waals surface area contributed by atoms with Gasteiger partial charge in [0, 0.05) is 13.1 Å². The van der Waals surface area contributed by atoms with Crippen LogP contribution in [0.4, 0.5) is 0 Å². The summed E-state index contributed by atoms with van der Waals surface area (Å²) in [5, 5.41) is 0. The molecular weight excluding hydrogens is 193 g/mol. The Morgan fingerprint density at radius 3 is 2.77 bits per heavy atom. The summed E-state index contributed by atoms with van der Waals surface area (Å²) in [4.78, 5) is 0. The first-order valence-corrected chi connectivity index (χ1v) is 5.30.